The summed E-state index contributed by atoms with van der Waals surface area (Å²) in [7, 11) is 1.31. The van der Waals surface area contributed by atoms with Gasteiger partial charge in [-0.25, -0.2) is 14.6 Å². The summed E-state index contributed by atoms with van der Waals surface area (Å²) in [4.78, 5) is 56.3. The number of aromatic amines is 1. The maximum atomic E-state index is 13.6. The van der Waals surface area contributed by atoms with Gasteiger partial charge in [0.25, 0.3) is 0 Å². The van der Waals surface area contributed by atoms with Crippen LogP contribution >= 0.6 is 0 Å². The molecule has 2 aromatic carbocycles. The molecular weight excluding hydrogens is 683 g/mol. The summed E-state index contributed by atoms with van der Waals surface area (Å²) in [5, 5.41) is 6.30. The average Bonchev–Trinajstić information content (AvgIpc) is 4.00. The molecule has 6 unspecified atom stereocenters. The van der Waals surface area contributed by atoms with Crippen molar-refractivity contribution in [3.05, 3.63) is 65.1 Å². The fourth-order valence-electron chi connectivity index (χ4n) is 9.43. The van der Waals surface area contributed by atoms with E-state index < -0.39 is 17.7 Å². The number of H-pyrrole nitrogens is 1. The van der Waals surface area contributed by atoms with Gasteiger partial charge < -0.3 is 24.7 Å². The first-order valence-electron chi connectivity index (χ1n) is 19.7. The standard InChI is InChI=1S/C42H53N7O5/c1-23(2)35(47-40(51)53-6)39(50)48-17-7-8-34(48)37-43-21-32(45-37)26-12-15-30-24(18-26)9-10-25-19-27(13-16-31(25)30)33-22-44-38(46-33)36-28-11-14-29(20-28)49(36)41(52)54-42(3,4)5/h12-13,15-16,18-19,22-23,28-29,34-37,43H,7-11,14,17,20-21H2,1-6H3,(H,44,46)(H,47,51). The van der Waals surface area contributed by atoms with Crippen molar-refractivity contribution >= 4 is 23.8 Å². The van der Waals surface area contributed by atoms with Crippen LogP contribution in [-0.4, -0.2) is 93.7 Å². The van der Waals surface area contributed by atoms with Gasteiger partial charge in [-0.05, 0) is 123 Å². The predicted octanol–water partition coefficient (Wildman–Crippen LogP) is 6.39. The Balaban J connectivity index is 0.971. The molecule has 2 bridgehead atoms. The summed E-state index contributed by atoms with van der Waals surface area (Å²) in [5.74, 6) is 1.07. The van der Waals surface area contributed by atoms with E-state index in [1.54, 1.807) is 0 Å². The number of hydrogen-bond donors (Lipinski definition) is 3. The van der Waals surface area contributed by atoms with Gasteiger partial charge in [0.2, 0.25) is 5.91 Å². The number of piperidine rings is 1. The predicted molar refractivity (Wildman–Crippen MR) is 206 cm³/mol. The van der Waals surface area contributed by atoms with E-state index in [1.165, 1.54) is 29.4 Å². The highest BCUT2D eigenvalue weighted by atomic mass is 16.6. The molecule has 3 aliphatic heterocycles. The van der Waals surface area contributed by atoms with Crippen LogP contribution in [0.2, 0.25) is 0 Å². The van der Waals surface area contributed by atoms with Gasteiger partial charge >= 0.3 is 12.2 Å². The minimum Gasteiger partial charge on any atom is -0.453 e. The Morgan fingerprint density at radius 2 is 1.70 bits per heavy atom. The summed E-state index contributed by atoms with van der Waals surface area (Å²) in [6.07, 6.45) is 7.62. The van der Waals surface area contributed by atoms with Crippen molar-refractivity contribution in [1.29, 1.82) is 0 Å². The van der Waals surface area contributed by atoms with Crippen LogP contribution in [0.4, 0.5) is 9.59 Å². The number of hydrogen-bond acceptors (Lipinski definition) is 8. The van der Waals surface area contributed by atoms with Crippen molar-refractivity contribution in [3.63, 3.8) is 0 Å². The Labute approximate surface area is 317 Å². The second kappa shape index (κ2) is 14.2. The molecule has 1 saturated carbocycles. The molecule has 8 rings (SSSR count). The molecule has 0 radical (unpaired) electrons. The van der Waals surface area contributed by atoms with Crippen LogP contribution in [0.1, 0.15) is 95.3 Å². The molecule has 54 heavy (non-hydrogen) atoms. The second-order valence-electron chi connectivity index (χ2n) is 17.0. The molecule has 2 aliphatic carbocycles. The Morgan fingerprint density at radius 1 is 0.981 bits per heavy atom. The number of nitrogens with zero attached hydrogens (tertiary/aromatic N) is 4. The Kier molecular flexibility index (Phi) is 9.52. The first kappa shape index (κ1) is 36.3. The largest absolute Gasteiger partial charge is 0.453 e. The van der Waals surface area contributed by atoms with Gasteiger partial charge in [-0.3, -0.25) is 20.0 Å². The van der Waals surface area contributed by atoms with Crippen LogP contribution in [0.5, 0.6) is 0 Å². The van der Waals surface area contributed by atoms with Crippen molar-refractivity contribution in [3.8, 4) is 22.4 Å². The highest BCUT2D eigenvalue weighted by molar-refractivity contribution is 6.04. The van der Waals surface area contributed by atoms with Crippen LogP contribution in [-0.2, 0) is 27.1 Å². The number of carbonyl (C=O) groups excluding carboxylic acids is 3. The number of methoxy groups -OCH3 is 1. The Bertz CT molecular complexity index is 1980. The van der Waals surface area contributed by atoms with Crippen molar-refractivity contribution in [1.82, 2.24) is 30.4 Å². The monoisotopic (exact) mass is 735 g/mol. The molecule has 3 N–H and O–H groups in total. The summed E-state index contributed by atoms with van der Waals surface area (Å²) >= 11 is 0. The van der Waals surface area contributed by atoms with E-state index in [0.29, 0.717) is 19.0 Å². The third kappa shape index (κ3) is 6.78. The second-order valence-corrected chi connectivity index (χ2v) is 17.0. The van der Waals surface area contributed by atoms with E-state index in [-0.39, 0.29) is 42.2 Å². The molecule has 286 valence electrons. The number of aryl methyl sites for hydroxylation is 2. The fraction of sp³-hybridized carbons (Fsp3) is 0.548. The average molecular weight is 736 g/mol. The number of nitrogens with one attached hydrogen (secondary N) is 3. The molecule has 12 heteroatoms. The minimum absolute atomic E-state index is 0.0717. The van der Waals surface area contributed by atoms with Crippen LogP contribution in [0.15, 0.2) is 47.6 Å². The lowest BCUT2D eigenvalue weighted by atomic mass is 9.83. The van der Waals surface area contributed by atoms with Gasteiger partial charge in [0.1, 0.15) is 23.6 Å². The molecule has 6 atom stereocenters. The Morgan fingerprint density at radius 3 is 2.41 bits per heavy atom. The van der Waals surface area contributed by atoms with Crippen LogP contribution < -0.4 is 10.6 Å². The smallest absolute Gasteiger partial charge is 0.411 e. The molecular formula is C42H53N7O5. The number of aliphatic imine (C=N–C) groups is 1. The number of aromatic nitrogens is 2. The minimum atomic E-state index is -0.650. The quantitative estimate of drug-likeness (QED) is 0.255. The van der Waals surface area contributed by atoms with Crippen molar-refractivity contribution < 1.29 is 23.9 Å². The lowest BCUT2D eigenvalue weighted by Crippen LogP contribution is -2.55. The summed E-state index contributed by atoms with van der Waals surface area (Å²) in [6, 6.07) is 12.8. The molecule has 12 nitrogen and oxygen atoms in total. The third-order valence-electron chi connectivity index (χ3n) is 12.0. The molecule has 1 aromatic heterocycles. The normalized spacial score (nSPS) is 25.0. The summed E-state index contributed by atoms with van der Waals surface area (Å²) < 4.78 is 10.6. The van der Waals surface area contributed by atoms with E-state index in [0.717, 1.165) is 73.3 Å². The van der Waals surface area contributed by atoms with E-state index in [2.05, 4.69) is 52.0 Å². The summed E-state index contributed by atoms with van der Waals surface area (Å²) in [6.45, 7) is 10.9. The van der Waals surface area contributed by atoms with Crippen molar-refractivity contribution in [2.24, 2.45) is 16.8 Å². The molecule has 0 spiro atoms. The number of imidazole rings is 1. The fourth-order valence-corrected chi connectivity index (χ4v) is 9.43. The van der Waals surface area contributed by atoms with Gasteiger partial charge in [0, 0.05) is 19.1 Å². The molecule has 5 aliphatic rings. The summed E-state index contributed by atoms with van der Waals surface area (Å²) in [5.41, 5.74) is 8.75. The van der Waals surface area contributed by atoms with E-state index in [9.17, 15) is 14.4 Å². The molecule has 3 amide bonds. The third-order valence-corrected chi connectivity index (χ3v) is 12.0. The number of ether oxygens (including phenoxy) is 2. The van der Waals surface area contributed by atoms with Crippen LogP contribution in [0, 0.1) is 11.8 Å². The maximum absolute atomic E-state index is 13.6. The number of rotatable bonds is 7. The van der Waals surface area contributed by atoms with Gasteiger partial charge in [-0.1, -0.05) is 38.1 Å². The first-order valence-corrected chi connectivity index (χ1v) is 19.7. The van der Waals surface area contributed by atoms with E-state index in [4.69, 9.17) is 19.5 Å². The van der Waals surface area contributed by atoms with Crippen molar-refractivity contribution in [2.45, 2.75) is 115 Å². The Hall–Kier alpha value is -4.71. The van der Waals surface area contributed by atoms with Gasteiger partial charge in [-0.2, -0.15) is 0 Å². The van der Waals surface area contributed by atoms with Crippen LogP contribution in [0.25, 0.3) is 22.4 Å². The van der Waals surface area contributed by atoms with E-state index in [1.807, 2.05) is 50.6 Å². The molecule has 3 aromatic rings. The number of benzene rings is 2. The number of likely N-dealkylation sites (tertiary alicyclic amines) is 2. The van der Waals surface area contributed by atoms with Gasteiger partial charge in [0.15, 0.2) is 0 Å². The first-order chi connectivity index (χ1) is 25.9. The lowest BCUT2D eigenvalue weighted by Gasteiger charge is -2.35. The SMILES string of the molecule is COC(=O)NC(C(=O)N1CCCC1C1N=C(c2ccc3c(c2)CCc2cc(-c4cnc(C5C6CCC(C6)N5C(=O)OC(C)(C)C)[nH]4)ccc2-3)CN1)C(C)C. The topological polar surface area (TPSA) is 141 Å². The molecule has 4 heterocycles. The lowest BCUT2D eigenvalue weighted by molar-refractivity contribution is -0.135. The van der Waals surface area contributed by atoms with Gasteiger partial charge in [0.05, 0.1) is 36.8 Å². The number of alkyl carbamates (subject to hydrolysis) is 1. The zero-order valence-electron chi connectivity index (χ0n) is 32.3. The highest BCUT2D eigenvalue weighted by Crippen LogP contribution is 2.50. The van der Waals surface area contributed by atoms with Gasteiger partial charge in [-0.15, -0.1) is 0 Å². The van der Waals surface area contributed by atoms with Crippen LogP contribution in [0.3, 0.4) is 0 Å². The van der Waals surface area contributed by atoms with E-state index >= 15 is 0 Å². The van der Waals surface area contributed by atoms with Crippen molar-refractivity contribution in [2.75, 3.05) is 20.2 Å². The number of fused-ring (bicyclic) bond motifs is 5. The zero-order chi connectivity index (χ0) is 37.9. The molecule has 3 fully saturated rings. The molecule has 2 saturated heterocycles. The maximum Gasteiger partial charge on any atom is 0.411 e. The number of amides is 3. The zero-order valence-corrected chi connectivity index (χ0v) is 32.3. The highest BCUT2D eigenvalue weighted by Gasteiger charge is 2.51. The number of carbonyl (C=O) groups is 3.